The van der Waals surface area contributed by atoms with Crippen molar-refractivity contribution in [3.63, 3.8) is 0 Å². The molecule has 0 saturated carbocycles. The molecule has 0 radical (unpaired) electrons. The van der Waals surface area contributed by atoms with E-state index in [9.17, 15) is 35.5 Å². The zero-order valence-electron chi connectivity index (χ0n) is 28.0. The fourth-order valence-electron chi connectivity index (χ4n) is 7.13. The Morgan fingerprint density at radius 1 is 1.02 bits per heavy atom. The van der Waals surface area contributed by atoms with Gasteiger partial charge in [0.15, 0.2) is 0 Å². The summed E-state index contributed by atoms with van der Waals surface area (Å²) < 4.78 is 97.6. The topological polar surface area (TPSA) is 94.8 Å². The van der Waals surface area contributed by atoms with Crippen molar-refractivity contribution in [2.45, 2.75) is 74.2 Å². The van der Waals surface area contributed by atoms with Crippen molar-refractivity contribution in [2.24, 2.45) is 0 Å². The molecule has 3 aliphatic heterocycles. The van der Waals surface area contributed by atoms with Crippen LogP contribution >= 0.6 is 11.8 Å². The van der Waals surface area contributed by atoms with Gasteiger partial charge in [0, 0.05) is 104 Å². The van der Waals surface area contributed by atoms with Crippen molar-refractivity contribution in [1.82, 2.24) is 28.9 Å². The molecule has 9 nitrogen and oxygen atoms in total. The van der Waals surface area contributed by atoms with E-state index in [0.29, 0.717) is 42.2 Å². The van der Waals surface area contributed by atoms with E-state index in [1.54, 1.807) is 10.9 Å². The first-order chi connectivity index (χ1) is 23.7. The number of thioether (sulfide) groups is 1. The van der Waals surface area contributed by atoms with Crippen LogP contribution in [0.25, 0.3) is 11.3 Å². The summed E-state index contributed by atoms with van der Waals surface area (Å²) in [6.45, 7) is 3.18. The number of β-amino-alcohol motifs (C(OH)–C–C–N with tert-alkyl or cyclic N) is 1. The van der Waals surface area contributed by atoms with Gasteiger partial charge in [-0.1, -0.05) is 12.1 Å². The summed E-state index contributed by atoms with van der Waals surface area (Å²) in [6.07, 6.45) is -0.808. The van der Waals surface area contributed by atoms with Crippen LogP contribution in [0.15, 0.2) is 47.5 Å². The molecule has 0 amide bonds. The highest BCUT2D eigenvalue weighted by Gasteiger charge is 2.36. The van der Waals surface area contributed by atoms with Gasteiger partial charge in [-0.3, -0.25) is 9.67 Å². The Morgan fingerprint density at radius 3 is 2.42 bits per heavy atom. The van der Waals surface area contributed by atoms with Crippen LogP contribution in [0.2, 0.25) is 0 Å². The lowest BCUT2D eigenvalue weighted by atomic mass is 9.93. The van der Waals surface area contributed by atoms with Crippen molar-refractivity contribution >= 4 is 21.8 Å². The minimum Gasteiger partial charge on any atom is -0.390 e. The molecule has 1 atom stereocenters. The number of pyridine rings is 1. The van der Waals surface area contributed by atoms with Crippen LogP contribution < -0.4 is 0 Å². The van der Waals surface area contributed by atoms with Crippen LogP contribution in [0.4, 0.5) is 22.0 Å². The molecule has 0 spiro atoms. The number of likely N-dealkylation sites (tertiary alicyclic amines) is 2. The fourth-order valence-corrected chi connectivity index (χ4v) is 9.03. The molecule has 274 valence electrons. The van der Waals surface area contributed by atoms with Gasteiger partial charge in [0.05, 0.1) is 30.2 Å². The Bertz CT molecular complexity index is 1720. The summed E-state index contributed by atoms with van der Waals surface area (Å²) >= 11 is 1.01. The normalized spacial score (nSPS) is 20.5. The molecule has 5 heterocycles. The van der Waals surface area contributed by atoms with Crippen molar-refractivity contribution < 1.29 is 35.5 Å². The molecule has 0 bridgehead atoms. The molecule has 1 N–H and O–H groups in total. The van der Waals surface area contributed by atoms with Gasteiger partial charge in [-0.2, -0.15) is 22.6 Å². The van der Waals surface area contributed by atoms with Gasteiger partial charge in [0.25, 0.3) is 5.92 Å². The van der Waals surface area contributed by atoms with E-state index in [1.165, 1.54) is 16.4 Å². The summed E-state index contributed by atoms with van der Waals surface area (Å²) in [5, 5.41) is 16.0. The number of halogens is 5. The minimum atomic E-state index is -4.61. The van der Waals surface area contributed by atoms with Gasteiger partial charge in [0.2, 0.25) is 10.0 Å². The quantitative estimate of drug-likeness (QED) is 0.208. The molecular formula is C34H43F5N6O3S2. The Morgan fingerprint density at radius 2 is 1.76 bits per heavy atom. The van der Waals surface area contributed by atoms with E-state index in [2.05, 4.69) is 9.88 Å². The fraction of sp³-hybridized carbons (Fsp3) is 0.588. The molecule has 50 heavy (non-hydrogen) atoms. The van der Waals surface area contributed by atoms with E-state index in [1.807, 2.05) is 23.1 Å². The largest absolute Gasteiger partial charge is 0.417 e. The zero-order valence-corrected chi connectivity index (χ0v) is 29.6. The number of aromatic nitrogens is 3. The lowest BCUT2D eigenvalue weighted by Crippen LogP contribution is -2.40. The number of rotatable bonds is 11. The third-order valence-electron chi connectivity index (χ3n) is 9.93. The Labute approximate surface area is 293 Å². The van der Waals surface area contributed by atoms with Crippen LogP contribution in [0.3, 0.4) is 0 Å². The first kappa shape index (κ1) is 37.1. The summed E-state index contributed by atoms with van der Waals surface area (Å²) in [5.74, 6) is -2.06. The van der Waals surface area contributed by atoms with Gasteiger partial charge < -0.3 is 14.9 Å². The highest BCUT2D eigenvalue weighted by Crippen LogP contribution is 2.41. The second kappa shape index (κ2) is 15.2. The van der Waals surface area contributed by atoms with E-state index in [-0.39, 0.29) is 56.2 Å². The third-order valence-corrected chi connectivity index (χ3v) is 12.2. The molecular weight excluding hydrogens is 700 g/mol. The lowest BCUT2D eigenvalue weighted by molar-refractivity contribution is -0.139. The van der Waals surface area contributed by atoms with Crippen LogP contribution in [0.5, 0.6) is 0 Å². The van der Waals surface area contributed by atoms with Crippen molar-refractivity contribution in [2.75, 3.05) is 57.8 Å². The maximum Gasteiger partial charge on any atom is 0.417 e. The minimum absolute atomic E-state index is 0.00874. The van der Waals surface area contributed by atoms with Crippen molar-refractivity contribution in [3.8, 4) is 11.3 Å². The van der Waals surface area contributed by atoms with Crippen LogP contribution in [0.1, 0.15) is 54.1 Å². The number of hydrogen-bond donors (Lipinski definition) is 1. The predicted molar refractivity (Wildman–Crippen MR) is 182 cm³/mol. The maximum absolute atomic E-state index is 14.1. The Hall–Kier alpha value is -2.63. The molecule has 16 heteroatoms. The molecule has 3 aliphatic rings. The van der Waals surface area contributed by atoms with E-state index >= 15 is 0 Å². The number of aliphatic hydroxyl groups is 1. The van der Waals surface area contributed by atoms with Crippen LogP contribution in [-0.4, -0.2) is 112 Å². The maximum atomic E-state index is 14.1. The Balaban J connectivity index is 1.20. The molecule has 1 aromatic carbocycles. The average Bonchev–Trinajstić information content (AvgIpc) is 3.42. The van der Waals surface area contributed by atoms with Gasteiger partial charge >= 0.3 is 6.18 Å². The first-order valence-electron chi connectivity index (χ1n) is 17.0. The molecule has 3 aromatic rings. The summed E-state index contributed by atoms with van der Waals surface area (Å²) in [4.78, 5) is 8.53. The number of hydrogen-bond acceptors (Lipinski definition) is 8. The monoisotopic (exact) mass is 742 g/mol. The van der Waals surface area contributed by atoms with Gasteiger partial charge in [-0.15, -0.1) is 11.8 Å². The molecule has 2 fully saturated rings. The first-order valence-corrected chi connectivity index (χ1v) is 19.8. The number of aliphatic hydroxyl groups excluding tert-OH is 1. The van der Waals surface area contributed by atoms with Gasteiger partial charge in [-0.25, -0.2) is 17.2 Å². The number of nitrogens with zero attached hydrogens (tertiary/aromatic N) is 6. The van der Waals surface area contributed by atoms with E-state index in [0.717, 1.165) is 61.4 Å². The molecule has 0 unspecified atom stereocenters. The second-order valence-corrected chi connectivity index (χ2v) is 16.7. The van der Waals surface area contributed by atoms with Crippen molar-refractivity contribution in [3.05, 3.63) is 65.1 Å². The molecule has 2 aromatic heterocycles. The summed E-state index contributed by atoms with van der Waals surface area (Å²) in [5.41, 5.74) is 2.43. The lowest BCUT2D eigenvalue weighted by Gasteiger charge is -2.33. The number of fused-ring (bicyclic) bond motifs is 1. The van der Waals surface area contributed by atoms with Crippen LogP contribution in [0, 0.1) is 0 Å². The summed E-state index contributed by atoms with van der Waals surface area (Å²) in [7, 11) is -3.56. The predicted octanol–water partition coefficient (Wildman–Crippen LogP) is 5.35. The van der Waals surface area contributed by atoms with E-state index < -0.39 is 33.8 Å². The standard InChI is InChI=1S/C34H43F5N6O3S2/c1-50(47,48)44-15-9-30-27(23-44)32(41-45(30)22-26(46)21-43-13-7-24(8-14-43)29-4-2-3-12-40-29)25-5-6-28(34(37,38)39)31(20-25)49-19-18-42-16-10-33(35,36)11-17-42/h2-6,12,20,24,26,46H,7-11,13-19,21-23H2,1H3/t26-/m0/s1. The second-order valence-electron chi connectivity index (χ2n) is 13.5. The number of piperidine rings is 2. The smallest absolute Gasteiger partial charge is 0.390 e. The highest BCUT2D eigenvalue weighted by molar-refractivity contribution is 7.99. The average molecular weight is 743 g/mol. The van der Waals surface area contributed by atoms with Crippen LogP contribution in [-0.2, 0) is 35.7 Å². The van der Waals surface area contributed by atoms with Gasteiger partial charge in [0.1, 0.15) is 0 Å². The molecule has 6 rings (SSSR count). The molecule has 0 aliphatic carbocycles. The zero-order chi connectivity index (χ0) is 35.7. The highest BCUT2D eigenvalue weighted by atomic mass is 32.2. The van der Waals surface area contributed by atoms with E-state index in [4.69, 9.17) is 5.10 Å². The van der Waals surface area contributed by atoms with Gasteiger partial charge in [-0.05, 0) is 50.2 Å². The third kappa shape index (κ3) is 9.05. The number of sulfonamides is 1. The SMILES string of the molecule is CS(=O)(=O)N1CCc2c(c(-c3ccc(C(F)(F)F)c(SCCN4CCC(F)(F)CC4)c3)nn2C[C@@H](O)CN2CCC(c3ccccn3)CC2)C1. The van der Waals surface area contributed by atoms with Crippen molar-refractivity contribution in [1.29, 1.82) is 0 Å². The number of alkyl halides is 5. The Kier molecular flexibility index (Phi) is 11.3. The summed E-state index contributed by atoms with van der Waals surface area (Å²) in [6, 6.07) is 9.74. The number of benzene rings is 1. The molecule has 2 saturated heterocycles.